The molecule has 2 N–H and O–H groups in total. The van der Waals surface area contributed by atoms with Crippen LogP contribution in [0.3, 0.4) is 0 Å². The fourth-order valence-electron chi connectivity index (χ4n) is 8.31. The molecule has 0 atom stereocenters. The van der Waals surface area contributed by atoms with Gasteiger partial charge in [0.15, 0.2) is 0 Å². The van der Waals surface area contributed by atoms with E-state index in [1.165, 1.54) is 9.59 Å². The summed E-state index contributed by atoms with van der Waals surface area (Å²) in [5.74, 6) is 0.0861. The van der Waals surface area contributed by atoms with E-state index in [-0.39, 0.29) is 33.2 Å². The second-order valence-electron chi connectivity index (χ2n) is 17.6. The fraction of sp³-hybridized carbons (Fsp3) is 0.415. The number of halogens is 2. The summed E-state index contributed by atoms with van der Waals surface area (Å²) in [7, 11) is 0. The van der Waals surface area contributed by atoms with Crippen LogP contribution in [0.1, 0.15) is 104 Å². The minimum atomic E-state index is -0.334. The zero-order valence-corrected chi connectivity index (χ0v) is 32.7. The van der Waals surface area contributed by atoms with Gasteiger partial charge < -0.3 is 10.2 Å². The number of fused-ring (bicyclic) bond motifs is 2. The highest BCUT2D eigenvalue weighted by Crippen LogP contribution is 2.46. The highest BCUT2D eigenvalue weighted by atomic mass is 35.5. The lowest BCUT2D eigenvalue weighted by Gasteiger charge is -2.37. The summed E-state index contributed by atoms with van der Waals surface area (Å²) in [4.78, 5) is 3.04. The molecule has 0 fully saturated rings. The molecule has 0 aliphatic heterocycles. The summed E-state index contributed by atoms with van der Waals surface area (Å²) < 4.78 is 0. The van der Waals surface area contributed by atoms with E-state index in [4.69, 9.17) is 43.6 Å². The Morgan fingerprint density at radius 2 is 0.863 bits per heavy atom. The third kappa shape index (κ3) is 7.58. The molecule has 0 radical (unpaired) electrons. The average molecular weight is 728 g/mol. The van der Waals surface area contributed by atoms with E-state index in [2.05, 4.69) is 69.2 Å². The van der Waals surface area contributed by atoms with Gasteiger partial charge in [-0.3, -0.25) is 0 Å². The Labute approximate surface area is 310 Å². The highest BCUT2D eigenvalue weighted by Gasteiger charge is 2.36. The maximum absolute atomic E-state index is 11.8. The number of hydrogen-bond donors (Lipinski definition) is 2. The number of phenolic OH excluding ortho intramolecular Hbond substituents is 2. The predicted molar refractivity (Wildman–Crippen MR) is 208 cm³/mol. The molecule has 0 aliphatic rings. The number of aromatic nitrogens is 6. The summed E-state index contributed by atoms with van der Waals surface area (Å²) in [6, 6.07) is 18.3. The van der Waals surface area contributed by atoms with Crippen LogP contribution < -0.4 is 0 Å². The Morgan fingerprint density at radius 1 is 0.510 bits per heavy atom. The molecule has 0 aliphatic carbocycles. The van der Waals surface area contributed by atoms with Crippen LogP contribution in [0.2, 0.25) is 10.0 Å². The van der Waals surface area contributed by atoms with Crippen LogP contribution in [0.5, 0.6) is 11.5 Å². The third-order valence-electron chi connectivity index (χ3n) is 9.36. The van der Waals surface area contributed by atoms with Gasteiger partial charge in [0.25, 0.3) is 0 Å². The maximum Gasteiger partial charge on any atom is 0.143 e. The van der Waals surface area contributed by atoms with Gasteiger partial charge in [0.05, 0.1) is 0 Å². The Hall–Kier alpha value is -4.14. The van der Waals surface area contributed by atoms with Crippen LogP contribution >= 0.6 is 23.2 Å². The topological polar surface area (TPSA) is 102 Å². The van der Waals surface area contributed by atoms with Crippen molar-refractivity contribution < 1.29 is 10.2 Å². The predicted octanol–water partition coefficient (Wildman–Crippen LogP) is 10.9. The standard InChI is InChI=1S/C41H48Cl2N6O2/c1-38(2,3)22-40(7,8)28-13-17-34(50)36(48-44-30-15-11-24(42)19-32(30)46-48)26(28)21-27-29(41(9,10)23-39(4,5)6)14-18-35(51)37(27)49-45-31-16-12-25(43)20-33(31)47-49/h11-20,50-51H,21-23H2,1-10H3. The van der Waals surface area contributed by atoms with Crippen molar-refractivity contribution in [2.75, 3.05) is 0 Å². The van der Waals surface area contributed by atoms with E-state index in [9.17, 15) is 10.2 Å². The van der Waals surface area contributed by atoms with Crippen LogP contribution in [0.4, 0.5) is 0 Å². The van der Waals surface area contributed by atoms with Crippen molar-refractivity contribution in [1.29, 1.82) is 0 Å². The van der Waals surface area contributed by atoms with Crippen molar-refractivity contribution in [1.82, 2.24) is 30.0 Å². The molecule has 10 heteroatoms. The second-order valence-corrected chi connectivity index (χ2v) is 18.5. The van der Waals surface area contributed by atoms with E-state index in [1.807, 2.05) is 24.3 Å². The van der Waals surface area contributed by atoms with Crippen molar-refractivity contribution in [3.63, 3.8) is 0 Å². The lowest BCUT2D eigenvalue weighted by molar-refractivity contribution is 0.282. The molecule has 0 bridgehead atoms. The Morgan fingerprint density at radius 3 is 1.22 bits per heavy atom. The van der Waals surface area contributed by atoms with Crippen molar-refractivity contribution in [3.8, 4) is 22.9 Å². The molecule has 268 valence electrons. The maximum atomic E-state index is 11.8. The molecule has 6 rings (SSSR count). The number of hydrogen-bond acceptors (Lipinski definition) is 6. The van der Waals surface area contributed by atoms with Crippen LogP contribution in [-0.2, 0) is 17.3 Å². The van der Waals surface area contributed by atoms with Crippen LogP contribution in [-0.4, -0.2) is 40.2 Å². The first-order chi connectivity index (χ1) is 23.6. The summed E-state index contributed by atoms with van der Waals surface area (Å²) in [6.07, 6.45) is 2.05. The fourth-order valence-corrected chi connectivity index (χ4v) is 8.65. The molecule has 2 heterocycles. The van der Waals surface area contributed by atoms with Gasteiger partial charge in [0.2, 0.25) is 0 Å². The number of nitrogens with zero attached hydrogens (tertiary/aromatic N) is 6. The smallest absolute Gasteiger partial charge is 0.143 e. The van der Waals surface area contributed by atoms with Crippen molar-refractivity contribution in [2.24, 2.45) is 10.8 Å². The molecule has 4 aromatic carbocycles. The molecule has 51 heavy (non-hydrogen) atoms. The van der Waals surface area contributed by atoms with Gasteiger partial charge in [-0.25, -0.2) is 0 Å². The molecular weight excluding hydrogens is 679 g/mol. The van der Waals surface area contributed by atoms with Crippen molar-refractivity contribution in [3.05, 3.63) is 93.0 Å². The van der Waals surface area contributed by atoms with Crippen LogP contribution in [0.15, 0.2) is 60.7 Å². The third-order valence-corrected chi connectivity index (χ3v) is 9.83. The highest BCUT2D eigenvalue weighted by molar-refractivity contribution is 6.31. The van der Waals surface area contributed by atoms with E-state index >= 15 is 0 Å². The van der Waals surface area contributed by atoms with E-state index in [0.29, 0.717) is 49.9 Å². The molecule has 0 unspecified atom stereocenters. The second kappa shape index (κ2) is 12.8. The van der Waals surface area contributed by atoms with Gasteiger partial charge in [-0.15, -0.1) is 30.0 Å². The molecule has 6 aromatic rings. The molecule has 8 nitrogen and oxygen atoms in total. The molecule has 0 amide bonds. The van der Waals surface area contributed by atoms with Gasteiger partial charge in [-0.2, -0.15) is 0 Å². The molecular formula is C41H48Cl2N6O2. The first-order valence-corrected chi connectivity index (χ1v) is 18.1. The zero-order chi connectivity index (χ0) is 37.3. The summed E-state index contributed by atoms with van der Waals surface area (Å²) >= 11 is 12.7. The lowest BCUT2D eigenvalue weighted by atomic mass is 9.68. The minimum absolute atomic E-state index is 0.00456. The quantitative estimate of drug-likeness (QED) is 0.162. The van der Waals surface area contributed by atoms with Gasteiger partial charge >= 0.3 is 0 Å². The van der Waals surface area contributed by atoms with Gasteiger partial charge in [-0.05, 0) is 105 Å². The zero-order valence-electron chi connectivity index (χ0n) is 31.2. The molecule has 0 saturated heterocycles. The first kappa shape index (κ1) is 36.6. The Kier molecular flexibility index (Phi) is 9.21. The molecule has 0 saturated carbocycles. The van der Waals surface area contributed by atoms with Gasteiger partial charge in [0.1, 0.15) is 44.9 Å². The SMILES string of the molecule is CC(C)(C)CC(C)(C)c1ccc(O)c(-n2nc3ccc(Cl)cc3n2)c1Cc1c(C(C)(C)CC(C)(C)C)ccc(O)c1-n1nc2ccc(Cl)cc2n1. The minimum Gasteiger partial charge on any atom is -0.506 e. The summed E-state index contributed by atoms with van der Waals surface area (Å²) in [5, 5.41) is 43.9. The van der Waals surface area contributed by atoms with Crippen molar-refractivity contribution >= 4 is 45.3 Å². The Balaban J connectivity index is 1.69. The largest absolute Gasteiger partial charge is 0.506 e. The Bertz CT molecular complexity index is 2110. The number of rotatable bonds is 8. The van der Waals surface area contributed by atoms with E-state index < -0.39 is 0 Å². The van der Waals surface area contributed by atoms with Crippen LogP contribution in [0.25, 0.3) is 33.4 Å². The monoisotopic (exact) mass is 726 g/mol. The van der Waals surface area contributed by atoms with E-state index in [1.54, 1.807) is 36.4 Å². The van der Waals surface area contributed by atoms with E-state index in [0.717, 1.165) is 35.1 Å². The summed E-state index contributed by atoms with van der Waals surface area (Å²) in [6.45, 7) is 22.4. The average Bonchev–Trinajstić information content (AvgIpc) is 3.57. The molecule has 0 spiro atoms. The van der Waals surface area contributed by atoms with Gasteiger partial charge in [0, 0.05) is 16.5 Å². The van der Waals surface area contributed by atoms with Crippen molar-refractivity contribution in [2.45, 2.75) is 99.3 Å². The number of phenols is 2. The molecule has 2 aromatic heterocycles. The lowest BCUT2D eigenvalue weighted by Crippen LogP contribution is -2.29. The first-order valence-electron chi connectivity index (χ1n) is 17.4. The number of benzene rings is 4. The van der Waals surface area contributed by atoms with Gasteiger partial charge in [-0.1, -0.05) is 105 Å². The van der Waals surface area contributed by atoms with Crippen LogP contribution in [0, 0.1) is 10.8 Å². The summed E-state index contributed by atoms with van der Waals surface area (Å²) in [5.41, 5.74) is 6.60. The normalized spacial score (nSPS) is 13.1. The number of aromatic hydroxyl groups is 2.